The molecule has 4 heteroatoms. The SMILES string of the molecule is Cc1nc2cc(N3CC(C)CC3C)c(N)cc2s1. The molecule has 96 valence electrons. The number of hydrogen-bond acceptors (Lipinski definition) is 4. The lowest BCUT2D eigenvalue weighted by atomic mass is 10.1. The molecule has 0 aliphatic carbocycles. The predicted molar refractivity (Wildman–Crippen MR) is 79.4 cm³/mol. The average Bonchev–Trinajstić information content (AvgIpc) is 2.79. The minimum absolute atomic E-state index is 0.569. The number of rotatable bonds is 1. The highest BCUT2D eigenvalue weighted by atomic mass is 32.1. The molecule has 1 aromatic carbocycles. The van der Waals surface area contributed by atoms with E-state index in [-0.39, 0.29) is 0 Å². The predicted octanol–water partition coefficient (Wildman–Crippen LogP) is 3.42. The fourth-order valence-electron chi connectivity index (χ4n) is 2.98. The number of benzene rings is 1. The Morgan fingerprint density at radius 1 is 1.39 bits per heavy atom. The van der Waals surface area contributed by atoms with Crippen molar-refractivity contribution >= 4 is 32.9 Å². The van der Waals surface area contributed by atoms with E-state index in [0.717, 1.165) is 34.4 Å². The van der Waals surface area contributed by atoms with Crippen LogP contribution < -0.4 is 10.6 Å². The third kappa shape index (κ3) is 1.85. The minimum Gasteiger partial charge on any atom is -0.397 e. The zero-order chi connectivity index (χ0) is 12.9. The fraction of sp³-hybridized carbons (Fsp3) is 0.500. The summed E-state index contributed by atoms with van der Waals surface area (Å²) in [6.07, 6.45) is 1.24. The van der Waals surface area contributed by atoms with Crippen LogP contribution in [0.25, 0.3) is 10.2 Å². The molecule has 1 aliphatic rings. The maximum absolute atomic E-state index is 6.22. The normalized spacial score (nSPS) is 24.1. The van der Waals surface area contributed by atoms with Gasteiger partial charge in [-0.3, -0.25) is 0 Å². The van der Waals surface area contributed by atoms with E-state index in [1.54, 1.807) is 11.3 Å². The number of hydrogen-bond donors (Lipinski definition) is 1. The number of nitrogens with zero attached hydrogens (tertiary/aromatic N) is 2. The molecule has 0 amide bonds. The summed E-state index contributed by atoms with van der Waals surface area (Å²) in [5.74, 6) is 0.743. The van der Waals surface area contributed by atoms with E-state index in [2.05, 4.69) is 35.9 Å². The monoisotopic (exact) mass is 261 g/mol. The second-order valence-electron chi connectivity index (χ2n) is 5.45. The van der Waals surface area contributed by atoms with Gasteiger partial charge in [0.2, 0.25) is 0 Å². The first-order chi connectivity index (χ1) is 8.54. The molecule has 2 heterocycles. The third-order valence-electron chi connectivity index (χ3n) is 3.74. The van der Waals surface area contributed by atoms with Gasteiger partial charge in [0.05, 0.1) is 26.6 Å². The van der Waals surface area contributed by atoms with Crippen molar-refractivity contribution in [3.63, 3.8) is 0 Å². The van der Waals surface area contributed by atoms with Crippen LogP contribution in [0.5, 0.6) is 0 Å². The van der Waals surface area contributed by atoms with Gasteiger partial charge in [-0.1, -0.05) is 6.92 Å². The smallest absolute Gasteiger partial charge is 0.0907 e. The number of nitrogen functional groups attached to an aromatic ring is 1. The van der Waals surface area contributed by atoms with E-state index in [1.807, 2.05) is 6.92 Å². The summed E-state index contributed by atoms with van der Waals surface area (Å²) in [5.41, 5.74) is 9.34. The molecule has 18 heavy (non-hydrogen) atoms. The van der Waals surface area contributed by atoms with Crippen LogP contribution >= 0.6 is 11.3 Å². The van der Waals surface area contributed by atoms with E-state index in [4.69, 9.17) is 5.73 Å². The van der Waals surface area contributed by atoms with Crippen LogP contribution in [0.15, 0.2) is 12.1 Å². The van der Waals surface area contributed by atoms with Crippen molar-refractivity contribution in [2.24, 2.45) is 5.92 Å². The van der Waals surface area contributed by atoms with Crippen LogP contribution in [-0.4, -0.2) is 17.6 Å². The van der Waals surface area contributed by atoms with Crippen molar-refractivity contribution in [2.45, 2.75) is 33.2 Å². The quantitative estimate of drug-likeness (QED) is 0.800. The lowest BCUT2D eigenvalue weighted by Crippen LogP contribution is -2.27. The van der Waals surface area contributed by atoms with Gasteiger partial charge in [-0.05, 0) is 38.3 Å². The highest BCUT2D eigenvalue weighted by molar-refractivity contribution is 7.18. The number of anilines is 2. The molecule has 1 aliphatic heterocycles. The Labute approximate surface area is 112 Å². The molecule has 1 saturated heterocycles. The van der Waals surface area contributed by atoms with Crippen molar-refractivity contribution < 1.29 is 0 Å². The largest absolute Gasteiger partial charge is 0.397 e. The maximum Gasteiger partial charge on any atom is 0.0907 e. The van der Waals surface area contributed by atoms with E-state index in [9.17, 15) is 0 Å². The number of thiazole rings is 1. The highest BCUT2D eigenvalue weighted by Crippen LogP contribution is 2.36. The van der Waals surface area contributed by atoms with Gasteiger partial charge in [-0.25, -0.2) is 4.98 Å². The Balaban J connectivity index is 2.08. The Kier molecular flexibility index (Phi) is 2.70. The van der Waals surface area contributed by atoms with E-state index in [0.29, 0.717) is 6.04 Å². The van der Waals surface area contributed by atoms with Gasteiger partial charge in [0.1, 0.15) is 0 Å². The van der Waals surface area contributed by atoms with E-state index in [1.165, 1.54) is 11.1 Å². The molecule has 3 rings (SSSR count). The number of nitrogens with two attached hydrogens (primary N) is 1. The molecule has 2 unspecified atom stereocenters. The Morgan fingerprint density at radius 2 is 2.17 bits per heavy atom. The first kappa shape index (κ1) is 11.8. The van der Waals surface area contributed by atoms with Crippen LogP contribution in [0.1, 0.15) is 25.3 Å². The van der Waals surface area contributed by atoms with Gasteiger partial charge in [-0.2, -0.15) is 0 Å². The molecule has 1 aromatic heterocycles. The van der Waals surface area contributed by atoms with Gasteiger partial charge in [0.15, 0.2) is 0 Å². The summed E-state index contributed by atoms with van der Waals surface area (Å²) in [6, 6.07) is 4.80. The molecule has 3 nitrogen and oxygen atoms in total. The molecule has 0 spiro atoms. The summed E-state index contributed by atoms with van der Waals surface area (Å²) >= 11 is 1.71. The molecule has 0 saturated carbocycles. The standard InChI is InChI=1S/C14H19N3S/c1-8-4-9(2)17(7-8)13-6-12-14(5-11(13)15)18-10(3)16-12/h5-6,8-9H,4,7,15H2,1-3H3. The van der Waals surface area contributed by atoms with Gasteiger partial charge >= 0.3 is 0 Å². The van der Waals surface area contributed by atoms with E-state index < -0.39 is 0 Å². The topological polar surface area (TPSA) is 42.2 Å². The fourth-order valence-corrected chi connectivity index (χ4v) is 3.84. The zero-order valence-electron chi connectivity index (χ0n) is 11.1. The van der Waals surface area contributed by atoms with Crippen molar-refractivity contribution in [1.29, 1.82) is 0 Å². The molecule has 1 fully saturated rings. The first-order valence-corrected chi connectivity index (χ1v) is 7.29. The zero-order valence-corrected chi connectivity index (χ0v) is 11.9. The molecule has 2 N–H and O–H groups in total. The Bertz CT molecular complexity index is 590. The maximum atomic E-state index is 6.22. The average molecular weight is 261 g/mol. The second-order valence-corrected chi connectivity index (χ2v) is 6.69. The van der Waals surface area contributed by atoms with Gasteiger partial charge < -0.3 is 10.6 Å². The van der Waals surface area contributed by atoms with Crippen molar-refractivity contribution in [3.8, 4) is 0 Å². The molecular formula is C14H19N3S. The van der Waals surface area contributed by atoms with Gasteiger partial charge in [0.25, 0.3) is 0 Å². The lowest BCUT2D eigenvalue weighted by molar-refractivity contribution is 0.625. The van der Waals surface area contributed by atoms with Crippen LogP contribution in [-0.2, 0) is 0 Å². The number of aryl methyl sites for hydroxylation is 1. The molecule has 0 bridgehead atoms. The van der Waals surface area contributed by atoms with Crippen LogP contribution in [0, 0.1) is 12.8 Å². The Morgan fingerprint density at radius 3 is 2.83 bits per heavy atom. The number of aromatic nitrogens is 1. The van der Waals surface area contributed by atoms with Crippen molar-refractivity contribution in [3.05, 3.63) is 17.1 Å². The molecular weight excluding hydrogens is 242 g/mol. The second kappa shape index (κ2) is 4.12. The Hall–Kier alpha value is -1.29. The van der Waals surface area contributed by atoms with Crippen LogP contribution in [0.2, 0.25) is 0 Å². The number of fused-ring (bicyclic) bond motifs is 1. The molecule has 2 atom stereocenters. The summed E-state index contributed by atoms with van der Waals surface area (Å²) in [4.78, 5) is 6.99. The summed E-state index contributed by atoms with van der Waals surface area (Å²) in [7, 11) is 0. The lowest BCUT2D eigenvalue weighted by Gasteiger charge is -2.25. The first-order valence-electron chi connectivity index (χ1n) is 6.48. The van der Waals surface area contributed by atoms with Crippen molar-refractivity contribution in [2.75, 3.05) is 17.2 Å². The highest BCUT2D eigenvalue weighted by Gasteiger charge is 2.27. The van der Waals surface area contributed by atoms with E-state index >= 15 is 0 Å². The van der Waals surface area contributed by atoms with Crippen molar-refractivity contribution in [1.82, 2.24) is 4.98 Å². The van der Waals surface area contributed by atoms with Gasteiger partial charge in [-0.15, -0.1) is 11.3 Å². The van der Waals surface area contributed by atoms with Gasteiger partial charge in [0, 0.05) is 12.6 Å². The minimum atomic E-state index is 0.569. The third-order valence-corrected chi connectivity index (χ3v) is 4.67. The molecule has 2 aromatic rings. The summed E-state index contributed by atoms with van der Waals surface area (Å²) < 4.78 is 1.19. The molecule has 0 radical (unpaired) electrons. The summed E-state index contributed by atoms with van der Waals surface area (Å²) in [6.45, 7) is 7.72. The van der Waals surface area contributed by atoms with Crippen LogP contribution in [0.4, 0.5) is 11.4 Å². The van der Waals surface area contributed by atoms with Crippen LogP contribution in [0.3, 0.4) is 0 Å². The summed E-state index contributed by atoms with van der Waals surface area (Å²) in [5, 5.41) is 1.10.